The second kappa shape index (κ2) is 8.79. The number of benzene rings is 1. The number of primary amides is 1. The number of rotatable bonds is 6. The first kappa shape index (κ1) is 19.7. The fourth-order valence-electron chi connectivity index (χ4n) is 4.31. The molecule has 0 saturated carbocycles. The van der Waals surface area contributed by atoms with Crippen LogP contribution in [0.15, 0.2) is 28.8 Å². The van der Waals surface area contributed by atoms with Gasteiger partial charge in [-0.25, -0.2) is 0 Å². The summed E-state index contributed by atoms with van der Waals surface area (Å²) in [4.78, 5) is 22.5. The number of nitrogens with two attached hydrogens (primary N) is 1. The molecule has 2 saturated heterocycles. The van der Waals surface area contributed by atoms with E-state index in [1.807, 2.05) is 12.1 Å². The number of nitrogens with zero attached hydrogens (tertiary/aromatic N) is 5. The van der Waals surface area contributed by atoms with E-state index >= 15 is 0 Å². The number of piperazine rings is 1. The Labute approximate surface area is 170 Å². The molecule has 1 atom stereocenters. The predicted octanol–water partition coefficient (Wildman–Crippen LogP) is 0.964. The molecule has 29 heavy (non-hydrogen) atoms. The molecule has 2 aliphatic heterocycles. The van der Waals surface area contributed by atoms with Gasteiger partial charge in [-0.3, -0.25) is 14.6 Å². The molecule has 1 amide bonds. The summed E-state index contributed by atoms with van der Waals surface area (Å²) in [6.07, 6.45) is 2.34. The average molecular weight is 400 g/mol. The monoisotopic (exact) mass is 400 g/mol. The van der Waals surface area contributed by atoms with Crippen molar-refractivity contribution < 1.29 is 14.1 Å². The molecule has 2 aromatic rings. The van der Waals surface area contributed by atoms with Crippen molar-refractivity contribution in [2.24, 2.45) is 5.73 Å². The van der Waals surface area contributed by atoms with E-state index in [0.29, 0.717) is 18.4 Å². The molecule has 156 valence electrons. The van der Waals surface area contributed by atoms with Gasteiger partial charge in [0.2, 0.25) is 0 Å². The summed E-state index contributed by atoms with van der Waals surface area (Å²) in [6.45, 7) is 6.59. The highest BCUT2D eigenvalue weighted by Crippen LogP contribution is 2.29. The third-order valence-corrected chi connectivity index (χ3v) is 5.78. The highest BCUT2D eigenvalue weighted by molar-refractivity contribution is 5.87. The highest BCUT2D eigenvalue weighted by Gasteiger charge is 2.29. The van der Waals surface area contributed by atoms with Gasteiger partial charge < -0.3 is 19.9 Å². The highest BCUT2D eigenvalue weighted by atomic mass is 16.5. The van der Waals surface area contributed by atoms with Gasteiger partial charge in [-0.1, -0.05) is 17.3 Å². The average Bonchev–Trinajstić information content (AvgIpc) is 3.23. The van der Waals surface area contributed by atoms with Crippen molar-refractivity contribution in [2.45, 2.75) is 25.4 Å². The van der Waals surface area contributed by atoms with Crippen LogP contribution in [0.4, 0.5) is 5.69 Å². The number of ether oxygens (including phenoxy) is 1. The number of hydrogen-bond acceptors (Lipinski definition) is 8. The van der Waals surface area contributed by atoms with E-state index in [1.54, 1.807) is 7.11 Å². The molecule has 9 nitrogen and oxygen atoms in total. The molecule has 0 bridgehead atoms. The summed E-state index contributed by atoms with van der Waals surface area (Å²) < 4.78 is 10.4. The SMILES string of the molecule is COc1ccccc1N1CCN([C@H]2CCCN(Cc3noc(C(N)=O)n3)C2)CC1. The number of anilines is 1. The van der Waals surface area contributed by atoms with Gasteiger partial charge in [-0.15, -0.1) is 0 Å². The molecule has 1 aromatic carbocycles. The van der Waals surface area contributed by atoms with Crippen molar-refractivity contribution >= 4 is 11.6 Å². The van der Waals surface area contributed by atoms with Gasteiger partial charge in [0, 0.05) is 38.8 Å². The van der Waals surface area contributed by atoms with Crippen LogP contribution in [-0.2, 0) is 6.54 Å². The predicted molar refractivity (Wildman–Crippen MR) is 108 cm³/mol. The van der Waals surface area contributed by atoms with Crippen molar-refractivity contribution in [3.05, 3.63) is 36.0 Å². The molecule has 0 spiro atoms. The first-order valence-corrected chi connectivity index (χ1v) is 10.1. The van der Waals surface area contributed by atoms with Crippen molar-refractivity contribution in [2.75, 3.05) is 51.3 Å². The Bertz CT molecular complexity index is 833. The van der Waals surface area contributed by atoms with Gasteiger partial charge >= 0.3 is 11.8 Å². The molecular weight excluding hydrogens is 372 g/mol. The van der Waals surface area contributed by atoms with Crippen LogP contribution in [-0.4, -0.2) is 78.3 Å². The van der Waals surface area contributed by atoms with E-state index in [9.17, 15) is 4.79 Å². The Balaban J connectivity index is 1.32. The quantitative estimate of drug-likeness (QED) is 0.765. The number of piperidine rings is 1. The zero-order valence-electron chi connectivity index (χ0n) is 16.8. The molecule has 0 aliphatic carbocycles. The van der Waals surface area contributed by atoms with Crippen molar-refractivity contribution in [1.29, 1.82) is 0 Å². The lowest BCUT2D eigenvalue weighted by atomic mass is 10.0. The normalized spacial score (nSPS) is 21.3. The van der Waals surface area contributed by atoms with Crippen LogP contribution in [0.1, 0.15) is 29.4 Å². The Morgan fingerprint density at radius 3 is 2.76 bits per heavy atom. The number of methoxy groups -OCH3 is 1. The summed E-state index contributed by atoms with van der Waals surface area (Å²) >= 11 is 0. The van der Waals surface area contributed by atoms with E-state index in [0.717, 1.165) is 51.4 Å². The lowest BCUT2D eigenvalue weighted by molar-refractivity contribution is 0.0868. The molecule has 2 fully saturated rings. The number of amides is 1. The van der Waals surface area contributed by atoms with Crippen LogP contribution in [0.25, 0.3) is 0 Å². The number of carbonyl (C=O) groups excluding carboxylic acids is 1. The van der Waals surface area contributed by atoms with E-state index in [2.05, 4.69) is 37.0 Å². The van der Waals surface area contributed by atoms with E-state index in [-0.39, 0.29) is 5.89 Å². The Hall–Kier alpha value is -2.65. The van der Waals surface area contributed by atoms with Gasteiger partial charge in [-0.05, 0) is 31.5 Å². The number of aromatic nitrogens is 2. The summed E-state index contributed by atoms with van der Waals surface area (Å²) in [6, 6.07) is 8.73. The van der Waals surface area contributed by atoms with Crippen LogP contribution in [0.2, 0.25) is 0 Å². The second-order valence-corrected chi connectivity index (χ2v) is 7.61. The third-order valence-electron chi connectivity index (χ3n) is 5.78. The Kier molecular flexibility index (Phi) is 5.96. The van der Waals surface area contributed by atoms with Crippen molar-refractivity contribution in [1.82, 2.24) is 19.9 Å². The minimum atomic E-state index is -0.687. The van der Waals surface area contributed by atoms with E-state index < -0.39 is 5.91 Å². The Morgan fingerprint density at radius 2 is 2.03 bits per heavy atom. The van der Waals surface area contributed by atoms with Gasteiger partial charge in [0.25, 0.3) is 0 Å². The topological polar surface area (TPSA) is 101 Å². The zero-order chi connectivity index (χ0) is 20.2. The minimum Gasteiger partial charge on any atom is -0.495 e. The molecule has 2 aliphatic rings. The fraction of sp³-hybridized carbons (Fsp3) is 0.550. The second-order valence-electron chi connectivity index (χ2n) is 7.61. The van der Waals surface area contributed by atoms with Crippen LogP contribution < -0.4 is 15.4 Å². The minimum absolute atomic E-state index is 0.124. The first-order valence-electron chi connectivity index (χ1n) is 10.1. The maximum absolute atomic E-state index is 11.1. The third kappa shape index (κ3) is 4.51. The maximum atomic E-state index is 11.1. The van der Waals surface area contributed by atoms with Crippen LogP contribution in [0.3, 0.4) is 0 Å². The van der Waals surface area contributed by atoms with Crippen molar-refractivity contribution in [3.63, 3.8) is 0 Å². The zero-order valence-corrected chi connectivity index (χ0v) is 16.8. The fourth-order valence-corrected chi connectivity index (χ4v) is 4.31. The lowest BCUT2D eigenvalue weighted by Crippen LogP contribution is -2.55. The van der Waals surface area contributed by atoms with Gasteiger partial charge in [-0.2, -0.15) is 4.98 Å². The smallest absolute Gasteiger partial charge is 0.315 e. The van der Waals surface area contributed by atoms with Gasteiger partial charge in [0.1, 0.15) is 5.75 Å². The molecular formula is C20H28N6O3. The molecule has 1 aromatic heterocycles. The summed E-state index contributed by atoms with van der Waals surface area (Å²) in [5.74, 6) is 0.634. The van der Waals surface area contributed by atoms with Crippen LogP contribution in [0, 0.1) is 0 Å². The number of hydrogen-bond donors (Lipinski definition) is 1. The molecule has 0 unspecified atom stereocenters. The van der Waals surface area contributed by atoms with Crippen LogP contribution in [0.5, 0.6) is 5.75 Å². The summed E-state index contributed by atoms with van der Waals surface area (Å²) in [5, 5.41) is 3.87. The summed E-state index contributed by atoms with van der Waals surface area (Å²) in [5.41, 5.74) is 6.35. The van der Waals surface area contributed by atoms with Gasteiger partial charge in [0.05, 0.1) is 19.3 Å². The van der Waals surface area contributed by atoms with Gasteiger partial charge in [0.15, 0.2) is 5.82 Å². The first-order chi connectivity index (χ1) is 14.1. The number of carbonyl (C=O) groups is 1. The van der Waals surface area contributed by atoms with E-state index in [4.69, 9.17) is 15.0 Å². The largest absolute Gasteiger partial charge is 0.495 e. The molecule has 9 heteroatoms. The standard InChI is InChI=1S/C20H28N6O3/c1-28-17-7-3-2-6-16(17)26-11-9-25(10-12-26)15-5-4-8-24(13-15)14-18-22-20(19(21)27)29-23-18/h2-3,6-7,15H,4-5,8-14H2,1H3,(H2,21,27)/t15-/m0/s1. The summed E-state index contributed by atoms with van der Waals surface area (Å²) in [7, 11) is 1.72. The van der Waals surface area contributed by atoms with Crippen molar-refractivity contribution in [3.8, 4) is 5.75 Å². The molecule has 0 radical (unpaired) electrons. The maximum Gasteiger partial charge on any atom is 0.315 e. The molecule has 2 N–H and O–H groups in total. The Morgan fingerprint density at radius 1 is 1.24 bits per heavy atom. The van der Waals surface area contributed by atoms with E-state index in [1.165, 1.54) is 12.1 Å². The molecule has 4 rings (SSSR count). The lowest BCUT2D eigenvalue weighted by Gasteiger charge is -2.44. The van der Waals surface area contributed by atoms with Crippen LogP contribution >= 0.6 is 0 Å². The molecule has 3 heterocycles. The number of para-hydroxylation sites is 2. The number of likely N-dealkylation sites (tertiary alicyclic amines) is 1.